The van der Waals surface area contributed by atoms with Gasteiger partial charge in [-0.2, -0.15) is 0 Å². The first-order valence-electron chi connectivity index (χ1n) is 9.01. The van der Waals surface area contributed by atoms with E-state index < -0.39 is 5.97 Å². The maximum Gasteiger partial charge on any atom is 0.339 e. The standard InChI is InChI=1S/C22H24N2O3/c1-4-7-16-14-24(13-11-20(16)25)12-10-18-17-8-5-6-9-19(17)23-21(18)15(2)22(26)27-3/h4-6,8-9,14,23H,1-2,7,10-13H2,3H3. The topological polar surface area (TPSA) is 62.4 Å². The summed E-state index contributed by atoms with van der Waals surface area (Å²) >= 11 is 0. The summed E-state index contributed by atoms with van der Waals surface area (Å²) in [5.74, 6) is -0.252. The lowest BCUT2D eigenvalue weighted by Crippen LogP contribution is -2.29. The number of aromatic nitrogens is 1. The number of rotatable bonds is 7. The second-order valence-electron chi connectivity index (χ2n) is 6.60. The lowest BCUT2D eigenvalue weighted by Gasteiger charge is -2.26. The van der Waals surface area contributed by atoms with Gasteiger partial charge in [-0.15, -0.1) is 6.58 Å². The van der Waals surface area contributed by atoms with Gasteiger partial charge in [-0.05, 0) is 24.5 Å². The summed E-state index contributed by atoms with van der Waals surface area (Å²) in [4.78, 5) is 29.4. The Hall–Kier alpha value is -3.08. The Morgan fingerprint density at radius 2 is 2.15 bits per heavy atom. The van der Waals surface area contributed by atoms with Crippen LogP contribution in [0.15, 0.2) is 55.3 Å². The zero-order valence-electron chi connectivity index (χ0n) is 15.6. The number of nitrogens with zero attached hydrogens (tertiary/aromatic N) is 1. The number of allylic oxidation sites excluding steroid dienone is 2. The highest BCUT2D eigenvalue weighted by atomic mass is 16.5. The van der Waals surface area contributed by atoms with E-state index in [4.69, 9.17) is 4.74 Å². The Bertz CT molecular complexity index is 936. The summed E-state index contributed by atoms with van der Waals surface area (Å²) in [7, 11) is 1.35. The lowest BCUT2D eigenvalue weighted by atomic mass is 10.0. The summed E-state index contributed by atoms with van der Waals surface area (Å²) in [6.45, 7) is 9.08. The predicted molar refractivity (Wildman–Crippen MR) is 107 cm³/mol. The molecule has 0 saturated carbocycles. The van der Waals surface area contributed by atoms with Gasteiger partial charge in [0, 0.05) is 42.2 Å². The van der Waals surface area contributed by atoms with Crippen LogP contribution in [0, 0.1) is 0 Å². The molecule has 0 amide bonds. The minimum absolute atomic E-state index is 0.193. The molecule has 2 heterocycles. The van der Waals surface area contributed by atoms with Gasteiger partial charge in [-0.1, -0.05) is 30.9 Å². The van der Waals surface area contributed by atoms with Crippen molar-refractivity contribution in [1.82, 2.24) is 9.88 Å². The second-order valence-corrected chi connectivity index (χ2v) is 6.60. The van der Waals surface area contributed by atoms with Crippen molar-refractivity contribution in [3.8, 4) is 0 Å². The number of para-hydroxylation sites is 1. The number of hydrogen-bond donors (Lipinski definition) is 1. The van der Waals surface area contributed by atoms with Gasteiger partial charge in [-0.3, -0.25) is 4.79 Å². The van der Waals surface area contributed by atoms with Crippen LogP contribution in [0.2, 0.25) is 0 Å². The van der Waals surface area contributed by atoms with Crippen LogP contribution in [0.25, 0.3) is 16.5 Å². The van der Waals surface area contributed by atoms with E-state index in [0.29, 0.717) is 30.7 Å². The van der Waals surface area contributed by atoms with Crippen molar-refractivity contribution < 1.29 is 14.3 Å². The fourth-order valence-electron chi connectivity index (χ4n) is 3.46. The second kappa shape index (κ2) is 8.08. The molecular weight excluding hydrogens is 340 g/mol. The molecule has 27 heavy (non-hydrogen) atoms. The van der Waals surface area contributed by atoms with Crippen molar-refractivity contribution in [2.24, 2.45) is 0 Å². The number of carbonyl (C=O) groups excluding carboxylic acids is 2. The number of aromatic amines is 1. The molecule has 0 spiro atoms. The Morgan fingerprint density at radius 3 is 2.89 bits per heavy atom. The zero-order chi connectivity index (χ0) is 19.4. The number of ether oxygens (including phenoxy) is 1. The summed E-state index contributed by atoms with van der Waals surface area (Å²) in [6.07, 6.45) is 5.53. The number of esters is 1. The molecule has 0 saturated heterocycles. The molecule has 140 valence electrons. The molecule has 5 heteroatoms. The Balaban J connectivity index is 1.88. The number of nitrogens with one attached hydrogen (secondary N) is 1. The van der Waals surface area contributed by atoms with Crippen LogP contribution < -0.4 is 0 Å². The van der Waals surface area contributed by atoms with Crippen LogP contribution >= 0.6 is 0 Å². The monoisotopic (exact) mass is 364 g/mol. The molecule has 3 rings (SSSR count). The van der Waals surface area contributed by atoms with Gasteiger partial charge in [0.25, 0.3) is 0 Å². The van der Waals surface area contributed by atoms with E-state index >= 15 is 0 Å². The van der Waals surface area contributed by atoms with Gasteiger partial charge in [0.15, 0.2) is 5.78 Å². The molecule has 1 aromatic heterocycles. The summed E-state index contributed by atoms with van der Waals surface area (Å²) in [6, 6.07) is 7.95. The van der Waals surface area contributed by atoms with Crippen LogP contribution in [0.3, 0.4) is 0 Å². The van der Waals surface area contributed by atoms with Gasteiger partial charge in [-0.25, -0.2) is 4.79 Å². The number of Topliss-reactive ketones (excluding diaryl/α,β-unsaturated/α-hetero) is 1. The number of ketones is 1. The normalized spacial score (nSPS) is 14.2. The molecule has 0 fully saturated rings. The molecule has 0 radical (unpaired) electrons. The molecule has 0 unspecified atom stereocenters. The number of methoxy groups -OCH3 is 1. The van der Waals surface area contributed by atoms with Crippen LogP contribution in [0.5, 0.6) is 0 Å². The molecule has 0 bridgehead atoms. The highest BCUT2D eigenvalue weighted by Gasteiger charge is 2.21. The Labute approximate surface area is 159 Å². The molecule has 2 aromatic rings. The number of hydrogen-bond acceptors (Lipinski definition) is 4. The van der Waals surface area contributed by atoms with Crippen molar-refractivity contribution in [3.63, 3.8) is 0 Å². The molecule has 1 aliphatic heterocycles. The SMILES string of the molecule is C=CCC1=CN(CCc2c(C(=C)C(=O)OC)[nH]c3ccccc23)CCC1=O. The number of benzene rings is 1. The highest BCUT2D eigenvalue weighted by molar-refractivity contribution is 6.16. The molecule has 1 aromatic carbocycles. The van der Waals surface area contributed by atoms with E-state index in [1.54, 1.807) is 6.08 Å². The average molecular weight is 364 g/mol. The van der Waals surface area contributed by atoms with E-state index in [1.165, 1.54) is 7.11 Å². The predicted octanol–water partition coefficient (Wildman–Crippen LogP) is 3.63. The van der Waals surface area contributed by atoms with E-state index in [1.807, 2.05) is 30.5 Å². The minimum atomic E-state index is -0.445. The van der Waals surface area contributed by atoms with Crippen molar-refractivity contribution in [2.75, 3.05) is 20.2 Å². The summed E-state index contributed by atoms with van der Waals surface area (Å²) < 4.78 is 4.84. The van der Waals surface area contributed by atoms with Crippen LogP contribution in [-0.2, 0) is 20.7 Å². The van der Waals surface area contributed by atoms with E-state index in [0.717, 1.165) is 35.0 Å². The summed E-state index contributed by atoms with van der Waals surface area (Å²) in [5.41, 5.74) is 3.84. The third-order valence-electron chi connectivity index (χ3n) is 4.88. The van der Waals surface area contributed by atoms with Crippen LogP contribution in [0.1, 0.15) is 24.1 Å². The number of carbonyl (C=O) groups is 2. The van der Waals surface area contributed by atoms with Gasteiger partial charge in [0.2, 0.25) is 0 Å². The number of fused-ring (bicyclic) bond motifs is 1. The molecule has 1 aliphatic rings. The van der Waals surface area contributed by atoms with Gasteiger partial charge in [0.05, 0.1) is 18.4 Å². The third kappa shape index (κ3) is 3.87. The Morgan fingerprint density at radius 1 is 1.37 bits per heavy atom. The third-order valence-corrected chi connectivity index (χ3v) is 4.88. The minimum Gasteiger partial charge on any atom is -0.465 e. The largest absolute Gasteiger partial charge is 0.465 e. The highest BCUT2D eigenvalue weighted by Crippen LogP contribution is 2.28. The van der Waals surface area contributed by atoms with Gasteiger partial charge < -0.3 is 14.6 Å². The fourth-order valence-corrected chi connectivity index (χ4v) is 3.46. The first-order valence-corrected chi connectivity index (χ1v) is 9.01. The van der Waals surface area contributed by atoms with Gasteiger partial charge in [0.1, 0.15) is 0 Å². The van der Waals surface area contributed by atoms with Crippen LogP contribution in [0.4, 0.5) is 0 Å². The molecular formula is C22H24N2O3. The van der Waals surface area contributed by atoms with E-state index in [-0.39, 0.29) is 5.78 Å². The number of H-pyrrole nitrogens is 1. The summed E-state index contributed by atoms with van der Waals surface area (Å²) in [5, 5.41) is 1.07. The van der Waals surface area contributed by atoms with Crippen molar-refractivity contribution in [1.29, 1.82) is 0 Å². The maximum absolute atomic E-state index is 12.0. The zero-order valence-corrected chi connectivity index (χ0v) is 15.6. The van der Waals surface area contributed by atoms with Crippen molar-refractivity contribution in [2.45, 2.75) is 19.3 Å². The molecule has 0 aliphatic carbocycles. The van der Waals surface area contributed by atoms with Crippen molar-refractivity contribution >= 4 is 28.2 Å². The Kier molecular flexibility index (Phi) is 5.60. The van der Waals surface area contributed by atoms with E-state index in [9.17, 15) is 9.59 Å². The quantitative estimate of drug-likeness (QED) is 0.463. The average Bonchev–Trinajstić information content (AvgIpc) is 3.06. The van der Waals surface area contributed by atoms with Crippen LogP contribution in [-0.4, -0.2) is 41.8 Å². The fraction of sp³-hybridized carbons (Fsp3) is 0.273. The molecule has 5 nitrogen and oxygen atoms in total. The van der Waals surface area contributed by atoms with E-state index in [2.05, 4.69) is 23.0 Å². The first kappa shape index (κ1) is 18.7. The first-order chi connectivity index (χ1) is 13.0. The smallest absolute Gasteiger partial charge is 0.339 e. The lowest BCUT2D eigenvalue weighted by molar-refractivity contribution is -0.133. The molecule has 1 N–H and O–H groups in total. The molecule has 0 atom stereocenters. The van der Waals surface area contributed by atoms with Crippen molar-refractivity contribution in [3.05, 3.63) is 66.5 Å². The maximum atomic E-state index is 12.0. The van der Waals surface area contributed by atoms with Gasteiger partial charge >= 0.3 is 5.97 Å².